The van der Waals surface area contributed by atoms with Gasteiger partial charge in [-0.05, 0) is 12.8 Å². The molecule has 17 heavy (non-hydrogen) atoms. The number of nitrogen functional groups attached to an aromatic ring is 1. The standard InChI is InChI=1S/C12H18FN3O/c1-17-12-8-11(10(14)7-9(12)13)15-16-5-3-2-4-6-16/h7-8,15H,2-6,14H2,1H3. The summed E-state index contributed by atoms with van der Waals surface area (Å²) in [6.07, 6.45) is 3.61. The van der Waals surface area contributed by atoms with Crippen molar-refractivity contribution < 1.29 is 9.13 Å². The van der Waals surface area contributed by atoms with E-state index >= 15 is 0 Å². The molecule has 0 spiro atoms. The van der Waals surface area contributed by atoms with Gasteiger partial charge in [0.15, 0.2) is 11.6 Å². The molecule has 94 valence electrons. The summed E-state index contributed by atoms with van der Waals surface area (Å²) in [5, 5.41) is 2.10. The normalized spacial score (nSPS) is 16.8. The number of piperidine rings is 1. The zero-order chi connectivity index (χ0) is 12.3. The van der Waals surface area contributed by atoms with Gasteiger partial charge in [0.05, 0.1) is 18.5 Å². The first-order valence-corrected chi connectivity index (χ1v) is 5.85. The average Bonchev–Trinajstić information content (AvgIpc) is 2.34. The van der Waals surface area contributed by atoms with Crippen LogP contribution in [0.25, 0.3) is 0 Å². The summed E-state index contributed by atoms with van der Waals surface area (Å²) in [6, 6.07) is 2.88. The number of nitrogens with two attached hydrogens (primary N) is 1. The molecule has 2 rings (SSSR count). The second-order valence-corrected chi connectivity index (χ2v) is 4.23. The van der Waals surface area contributed by atoms with Crippen molar-refractivity contribution in [2.45, 2.75) is 19.3 Å². The van der Waals surface area contributed by atoms with Gasteiger partial charge in [0, 0.05) is 25.2 Å². The van der Waals surface area contributed by atoms with E-state index in [1.807, 2.05) is 0 Å². The molecule has 0 unspecified atom stereocenters. The van der Waals surface area contributed by atoms with Crippen LogP contribution in [0.15, 0.2) is 12.1 Å². The average molecular weight is 239 g/mol. The zero-order valence-corrected chi connectivity index (χ0v) is 10.0. The van der Waals surface area contributed by atoms with Crippen LogP contribution < -0.4 is 15.9 Å². The fourth-order valence-corrected chi connectivity index (χ4v) is 2.00. The molecular formula is C12H18FN3O. The molecular weight excluding hydrogens is 221 g/mol. The van der Waals surface area contributed by atoms with Gasteiger partial charge < -0.3 is 15.9 Å². The molecule has 0 aliphatic carbocycles. The summed E-state index contributed by atoms with van der Waals surface area (Å²) in [5.74, 6) is -0.229. The number of hydrogen-bond donors (Lipinski definition) is 2. The highest BCUT2D eigenvalue weighted by molar-refractivity contribution is 5.68. The van der Waals surface area contributed by atoms with Gasteiger partial charge in [0.2, 0.25) is 0 Å². The Labute approximate surface area is 101 Å². The van der Waals surface area contributed by atoms with Crippen LogP contribution in [-0.2, 0) is 0 Å². The molecule has 1 aromatic rings. The molecule has 0 amide bonds. The quantitative estimate of drug-likeness (QED) is 0.794. The highest BCUT2D eigenvalue weighted by atomic mass is 19.1. The Bertz CT molecular complexity index is 392. The Morgan fingerprint density at radius 3 is 2.65 bits per heavy atom. The van der Waals surface area contributed by atoms with Crippen molar-refractivity contribution in [3.05, 3.63) is 17.9 Å². The lowest BCUT2D eigenvalue weighted by atomic mass is 10.2. The first kappa shape index (κ1) is 12.0. The summed E-state index contributed by atoms with van der Waals surface area (Å²) in [4.78, 5) is 0. The van der Waals surface area contributed by atoms with Crippen molar-refractivity contribution in [3.8, 4) is 5.75 Å². The molecule has 3 N–H and O–H groups in total. The van der Waals surface area contributed by atoms with Crippen LogP contribution in [0.2, 0.25) is 0 Å². The molecule has 1 fully saturated rings. The summed E-state index contributed by atoms with van der Waals surface area (Å²) in [7, 11) is 1.44. The Morgan fingerprint density at radius 2 is 2.00 bits per heavy atom. The maximum Gasteiger partial charge on any atom is 0.167 e. The van der Waals surface area contributed by atoms with Gasteiger partial charge in [0.1, 0.15) is 0 Å². The molecule has 1 aliphatic heterocycles. The number of hydrogen-bond acceptors (Lipinski definition) is 4. The lowest BCUT2D eigenvalue weighted by molar-refractivity contribution is 0.273. The van der Waals surface area contributed by atoms with Crippen LogP contribution >= 0.6 is 0 Å². The van der Waals surface area contributed by atoms with Crippen LogP contribution in [0.1, 0.15) is 19.3 Å². The summed E-state index contributed by atoms with van der Waals surface area (Å²) in [6.45, 7) is 1.97. The first-order valence-electron chi connectivity index (χ1n) is 5.85. The van der Waals surface area contributed by atoms with Crippen molar-refractivity contribution in [1.82, 2.24) is 5.01 Å². The second kappa shape index (κ2) is 5.23. The summed E-state index contributed by atoms with van der Waals surface area (Å²) in [5.41, 5.74) is 10.1. The number of benzene rings is 1. The number of anilines is 2. The van der Waals surface area contributed by atoms with Crippen molar-refractivity contribution in [3.63, 3.8) is 0 Å². The third-order valence-electron chi connectivity index (χ3n) is 2.96. The van der Waals surface area contributed by atoms with E-state index in [1.54, 1.807) is 6.07 Å². The SMILES string of the molecule is COc1cc(NN2CCCCC2)c(N)cc1F. The molecule has 5 heteroatoms. The van der Waals surface area contributed by atoms with Crippen LogP contribution in [0, 0.1) is 5.82 Å². The van der Waals surface area contributed by atoms with E-state index in [2.05, 4.69) is 10.4 Å². The highest BCUT2D eigenvalue weighted by Gasteiger charge is 2.13. The number of nitrogens with one attached hydrogen (secondary N) is 1. The Balaban J connectivity index is 2.13. The molecule has 0 radical (unpaired) electrons. The number of ether oxygens (including phenoxy) is 1. The van der Waals surface area contributed by atoms with E-state index in [0.717, 1.165) is 13.1 Å². The van der Waals surface area contributed by atoms with Crippen molar-refractivity contribution in [2.24, 2.45) is 0 Å². The summed E-state index contributed by atoms with van der Waals surface area (Å²) < 4.78 is 18.3. The third-order valence-corrected chi connectivity index (χ3v) is 2.96. The predicted molar refractivity (Wildman–Crippen MR) is 66.4 cm³/mol. The summed E-state index contributed by atoms with van der Waals surface area (Å²) >= 11 is 0. The fourth-order valence-electron chi connectivity index (χ4n) is 2.00. The van der Waals surface area contributed by atoms with E-state index in [1.165, 1.54) is 32.4 Å². The number of halogens is 1. The monoisotopic (exact) mass is 239 g/mol. The van der Waals surface area contributed by atoms with E-state index < -0.39 is 5.82 Å². The highest BCUT2D eigenvalue weighted by Crippen LogP contribution is 2.28. The lowest BCUT2D eigenvalue weighted by Crippen LogP contribution is -2.35. The number of hydrazine groups is 1. The van der Waals surface area contributed by atoms with Gasteiger partial charge in [-0.25, -0.2) is 9.40 Å². The Kier molecular flexibility index (Phi) is 3.68. The maximum absolute atomic E-state index is 13.4. The van der Waals surface area contributed by atoms with Crippen LogP contribution in [0.5, 0.6) is 5.75 Å². The van der Waals surface area contributed by atoms with Crippen LogP contribution in [0.3, 0.4) is 0 Å². The second-order valence-electron chi connectivity index (χ2n) is 4.23. The molecule has 4 nitrogen and oxygen atoms in total. The van der Waals surface area contributed by atoms with Crippen LogP contribution in [0.4, 0.5) is 15.8 Å². The van der Waals surface area contributed by atoms with Crippen molar-refractivity contribution in [1.29, 1.82) is 0 Å². The van der Waals surface area contributed by atoms with Gasteiger partial charge in [-0.1, -0.05) is 6.42 Å². The van der Waals surface area contributed by atoms with E-state index in [-0.39, 0.29) is 5.75 Å². The molecule has 0 aromatic heterocycles. The molecule has 1 aromatic carbocycles. The number of rotatable bonds is 3. The molecule has 1 aliphatic rings. The molecule has 1 saturated heterocycles. The zero-order valence-electron chi connectivity index (χ0n) is 10.0. The van der Waals surface area contributed by atoms with Crippen LogP contribution in [-0.4, -0.2) is 25.2 Å². The van der Waals surface area contributed by atoms with E-state index in [0.29, 0.717) is 11.4 Å². The first-order chi connectivity index (χ1) is 8.20. The van der Waals surface area contributed by atoms with Gasteiger partial charge in [-0.15, -0.1) is 0 Å². The molecule has 0 atom stereocenters. The minimum absolute atomic E-state index is 0.207. The molecule has 0 bridgehead atoms. The minimum Gasteiger partial charge on any atom is -0.494 e. The minimum atomic E-state index is -0.436. The number of methoxy groups -OCH3 is 1. The topological polar surface area (TPSA) is 50.5 Å². The van der Waals surface area contributed by atoms with Gasteiger partial charge in [-0.2, -0.15) is 0 Å². The van der Waals surface area contributed by atoms with Gasteiger partial charge >= 0.3 is 0 Å². The predicted octanol–water partition coefficient (Wildman–Crippen LogP) is 2.23. The van der Waals surface area contributed by atoms with Crippen molar-refractivity contribution >= 4 is 11.4 Å². The Hall–Kier alpha value is -1.49. The maximum atomic E-state index is 13.4. The van der Waals surface area contributed by atoms with E-state index in [4.69, 9.17) is 10.5 Å². The van der Waals surface area contributed by atoms with Crippen molar-refractivity contribution in [2.75, 3.05) is 31.4 Å². The number of nitrogens with zero attached hydrogens (tertiary/aromatic N) is 1. The fraction of sp³-hybridized carbons (Fsp3) is 0.500. The Morgan fingerprint density at radius 1 is 1.29 bits per heavy atom. The third kappa shape index (κ3) is 2.79. The lowest BCUT2D eigenvalue weighted by Gasteiger charge is -2.28. The molecule has 0 saturated carbocycles. The molecule has 1 heterocycles. The largest absolute Gasteiger partial charge is 0.494 e. The smallest absolute Gasteiger partial charge is 0.167 e. The van der Waals surface area contributed by atoms with Gasteiger partial charge in [0.25, 0.3) is 0 Å². The van der Waals surface area contributed by atoms with Gasteiger partial charge in [-0.3, -0.25) is 0 Å². The van der Waals surface area contributed by atoms with E-state index in [9.17, 15) is 4.39 Å².